The maximum Gasteiger partial charge on any atom is 0.191 e. The summed E-state index contributed by atoms with van der Waals surface area (Å²) in [6.07, 6.45) is 4.87. The summed E-state index contributed by atoms with van der Waals surface area (Å²) in [5.41, 5.74) is 0. The van der Waals surface area contributed by atoms with Crippen LogP contribution < -0.4 is 10.6 Å². The number of aliphatic imine (C=N–C) groups is 1. The largest absolute Gasteiger partial charge is 0.393 e. The maximum absolute atomic E-state index is 9.83. The molecule has 0 aliphatic heterocycles. The molecule has 7 heteroatoms. The quantitative estimate of drug-likeness (QED) is 0.386. The van der Waals surface area contributed by atoms with E-state index >= 15 is 0 Å². The summed E-state index contributed by atoms with van der Waals surface area (Å²) >= 11 is 1.68. The molecule has 0 spiro atoms. The Balaban J connectivity index is 0.00000220. The van der Waals surface area contributed by atoms with Crippen LogP contribution in [0.2, 0.25) is 0 Å². The van der Waals surface area contributed by atoms with Gasteiger partial charge in [0, 0.05) is 30.1 Å². The molecule has 2 rings (SSSR count). The first kappa shape index (κ1) is 18.6. The van der Waals surface area contributed by atoms with Crippen LogP contribution in [-0.4, -0.2) is 35.2 Å². The van der Waals surface area contributed by atoms with E-state index in [2.05, 4.69) is 34.5 Å². The number of hydrogen-bond acceptors (Lipinski definition) is 4. The average molecular weight is 424 g/mol. The lowest BCUT2D eigenvalue weighted by Gasteiger charge is -2.17. The molecule has 0 radical (unpaired) electrons. The van der Waals surface area contributed by atoms with Gasteiger partial charge in [0.2, 0.25) is 0 Å². The number of aryl methyl sites for hydroxylation is 1. The molecule has 1 aromatic rings. The van der Waals surface area contributed by atoms with Crippen molar-refractivity contribution in [1.29, 1.82) is 0 Å². The van der Waals surface area contributed by atoms with Gasteiger partial charge in [-0.15, -0.1) is 35.3 Å². The van der Waals surface area contributed by atoms with E-state index in [0.717, 1.165) is 43.3 Å². The highest BCUT2D eigenvalue weighted by molar-refractivity contribution is 14.0. The second-order valence-corrected chi connectivity index (χ2v) is 6.52. The third-order valence-corrected chi connectivity index (χ3v) is 4.43. The molecule has 21 heavy (non-hydrogen) atoms. The van der Waals surface area contributed by atoms with Crippen LogP contribution in [0.4, 0.5) is 0 Å². The zero-order chi connectivity index (χ0) is 14.4. The summed E-state index contributed by atoms with van der Waals surface area (Å²) in [4.78, 5) is 10.1. The molecule has 0 amide bonds. The van der Waals surface area contributed by atoms with Crippen LogP contribution >= 0.6 is 35.3 Å². The highest BCUT2D eigenvalue weighted by Crippen LogP contribution is 2.24. The topological polar surface area (TPSA) is 69.5 Å². The Morgan fingerprint density at radius 1 is 1.48 bits per heavy atom. The first-order valence-electron chi connectivity index (χ1n) is 7.30. The number of guanidine groups is 1. The zero-order valence-electron chi connectivity index (χ0n) is 12.6. The Bertz CT molecular complexity index is 452. The van der Waals surface area contributed by atoms with Crippen LogP contribution in [0.3, 0.4) is 0 Å². The van der Waals surface area contributed by atoms with Crippen molar-refractivity contribution in [3.63, 3.8) is 0 Å². The second-order valence-electron chi connectivity index (χ2n) is 5.20. The third kappa shape index (κ3) is 6.07. The molecule has 1 saturated carbocycles. The van der Waals surface area contributed by atoms with E-state index < -0.39 is 0 Å². The Hall–Kier alpha value is -0.410. The van der Waals surface area contributed by atoms with Gasteiger partial charge < -0.3 is 15.7 Å². The number of hydrogen-bond donors (Lipinski definition) is 3. The normalized spacial score (nSPS) is 22.0. The molecule has 1 aromatic heterocycles. The third-order valence-electron chi connectivity index (χ3n) is 3.54. The Morgan fingerprint density at radius 2 is 2.29 bits per heavy atom. The highest BCUT2D eigenvalue weighted by atomic mass is 127. The van der Waals surface area contributed by atoms with Crippen LogP contribution in [0, 0.1) is 12.8 Å². The fraction of sp³-hybridized carbons (Fsp3) is 0.714. The summed E-state index contributed by atoms with van der Waals surface area (Å²) in [5, 5.41) is 17.4. The fourth-order valence-electron chi connectivity index (χ4n) is 2.45. The molecule has 0 bridgehead atoms. The van der Waals surface area contributed by atoms with Gasteiger partial charge in [-0.25, -0.2) is 9.98 Å². The lowest BCUT2D eigenvalue weighted by atomic mass is 10.1. The maximum atomic E-state index is 9.83. The first-order chi connectivity index (χ1) is 9.69. The Morgan fingerprint density at radius 3 is 2.86 bits per heavy atom. The van der Waals surface area contributed by atoms with E-state index in [1.54, 1.807) is 11.3 Å². The minimum Gasteiger partial charge on any atom is -0.393 e. The number of aliphatic hydroxyl groups is 1. The summed E-state index contributed by atoms with van der Waals surface area (Å²) in [6, 6.07) is 0. The summed E-state index contributed by atoms with van der Waals surface area (Å²) in [7, 11) is 0. The van der Waals surface area contributed by atoms with Crippen LogP contribution in [0.5, 0.6) is 0 Å². The lowest BCUT2D eigenvalue weighted by Crippen LogP contribution is -2.41. The predicted molar refractivity (Wildman–Crippen MR) is 98.4 cm³/mol. The monoisotopic (exact) mass is 424 g/mol. The van der Waals surface area contributed by atoms with Gasteiger partial charge in [0.1, 0.15) is 5.01 Å². The minimum atomic E-state index is -0.160. The second kappa shape index (κ2) is 9.58. The summed E-state index contributed by atoms with van der Waals surface area (Å²) < 4.78 is 0. The highest BCUT2D eigenvalue weighted by Gasteiger charge is 2.24. The molecule has 2 atom stereocenters. The molecule has 1 fully saturated rings. The number of nitrogens with zero attached hydrogens (tertiary/aromatic N) is 2. The van der Waals surface area contributed by atoms with Gasteiger partial charge in [0.25, 0.3) is 0 Å². The van der Waals surface area contributed by atoms with Gasteiger partial charge in [-0.05, 0) is 26.7 Å². The SMILES string of the molecule is CCNC(=NCc1ncc(C)s1)NCC1CCCC1O.I. The summed E-state index contributed by atoms with van der Waals surface area (Å²) in [5.74, 6) is 1.15. The van der Waals surface area contributed by atoms with Crippen molar-refractivity contribution in [2.24, 2.45) is 10.9 Å². The number of halogens is 1. The van der Waals surface area contributed by atoms with Crippen LogP contribution in [0.25, 0.3) is 0 Å². The smallest absolute Gasteiger partial charge is 0.191 e. The van der Waals surface area contributed by atoms with Crippen molar-refractivity contribution in [3.05, 3.63) is 16.1 Å². The van der Waals surface area contributed by atoms with Crippen LogP contribution in [0.1, 0.15) is 36.1 Å². The van der Waals surface area contributed by atoms with Gasteiger partial charge in [-0.1, -0.05) is 6.42 Å². The molecule has 1 aliphatic carbocycles. The van der Waals surface area contributed by atoms with Gasteiger partial charge in [-0.2, -0.15) is 0 Å². The number of rotatable bonds is 5. The van der Waals surface area contributed by atoms with Crippen LogP contribution in [0.15, 0.2) is 11.2 Å². The molecule has 120 valence electrons. The standard InChI is InChI=1S/C14H24N4OS.HI/c1-3-15-14(17-8-11-5-4-6-12(11)19)18-9-13-16-7-10(2)20-13;/h7,11-12,19H,3-6,8-9H2,1-2H3,(H2,15,17,18);1H. The van der Waals surface area contributed by atoms with Gasteiger partial charge in [0.05, 0.1) is 12.6 Å². The average Bonchev–Trinajstić information content (AvgIpc) is 3.02. The number of nitrogens with one attached hydrogen (secondary N) is 2. The van der Waals surface area contributed by atoms with Crippen molar-refractivity contribution >= 4 is 41.3 Å². The lowest BCUT2D eigenvalue weighted by molar-refractivity contribution is 0.134. The Labute approximate surface area is 147 Å². The van der Waals surface area contributed by atoms with Gasteiger partial charge in [0.15, 0.2) is 5.96 Å². The first-order valence-corrected chi connectivity index (χ1v) is 8.12. The van der Waals surface area contributed by atoms with Gasteiger partial charge in [-0.3, -0.25) is 0 Å². The molecule has 1 heterocycles. The van der Waals surface area contributed by atoms with Crippen molar-refractivity contribution in [2.75, 3.05) is 13.1 Å². The molecule has 0 saturated heterocycles. The molecule has 5 nitrogen and oxygen atoms in total. The van der Waals surface area contributed by atoms with Crippen molar-refractivity contribution in [1.82, 2.24) is 15.6 Å². The van der Waals surface area contributed by atoms with Crippen molar-refractivity contribution < 1.29 is 5.11 Å². The van der Waals surface area contributed by atoms with Crippen LogP contribution in [-0.2, 0) is 6.54 Å². The van der Waals surface area contributed by atoms with Crippen molar-refractivity contribution in [3.8, 4) is 0 Å². The van der Waals surface area contributed by atoms with E-state index in [1.165, 1.54) is 4.88 Å². The summed E-state index contributed by atoms with van der Waals surface area (Å²) in [6.45, 7) is 6.31. The molecule has 1 aliphatic rings. The fourth-order valence-corrected chi connectivity index (χ4v) is 3.16. The zero-order valence-corrected chi connectivity index (χ0v) is 15.8. The van der Waals surface area contributed by atoms with Gasteiger partial charge >= 0.3 is 0 Å². The van der Waals surface area contributed by atoms with Crippen molar-refractivity contribution in [2.45, 2.75) is 45.8 Å². The molecule has 2 unspecified atom stereocenters. The number of aliphatic hydroxyl groups excluding tert-OH is 1. The van der Waals surface area contributed by atoms with E-state index in [4.69, 9.17) is 0 Å². The molecular formula is C14H25IN4OS. The van der Waals surface area contributed by atoms with E-state index in [1.807, 2.05) is 6.20 Å². The van der Waals surface area contributed by atoms with E-state index in [-0.39, 0.29) is 30.1 Å². The molecule has 0 aromatic carbocycles. The van der Waals surface area contributed by atoms with E-state index in [0.29, 0.717) is 12.5 Å². The number of thiazole rings is 1. The molecular weight excluding hydrogens is 399 g/mol. The Kier molecular flexibility index (Phi) is 8.50. The van der Waals surface area contributed by atoms with E-state index in [9.17, 15) is 5.11 Å². The molecule has 3 N–H and O–H groups in total. The minimum absolute atomic E-state index is 0. The predicted octanol–water partition coefficient (Wildman–Crippen LogP) is 2.29. The number of aromatic nitrogens is 1.